The highest BCUT2D eigenvalue weighted by Crippen LogP contribution is 1.91. The van der Waals surface area contributed by atoms with Crippen LogP contribution < -0.4 is 10.6 Å². The van der Waals surface area contributed by atoms with Crippen molar-refractivity contribution in [1.82, 2.24) is 31.3 Å². The van der Waals surface area contributed by atoms with Gasteiger partial charge in [0, 0.05) is 12.5 Å². The van der Waals surface area contributed by atoms with Gasteiger partial charge in [0.2, 0.25) is 5.91 Å². The molecule has 1 aromatic heterocycles. The van der Waals surface area contributed by atoms with E-state index in [1.54, 1.807) is 0 Å². The van der Waals surface area contributed by atoms with Crippen LogP contribution in [-0.4, -0.2) is 39.1 Å². The van der Waals surface area contributed by atoms with Crippen LogP contribution in [-0.2, 0) is 11.3 Å². The van der Waals surface area contributed by atoms with E-state index in [4.69, 9.17) is 0 Å². The molecule has 0 saturated heterocycles. The van der Waals surface area contributed by atoms with E-state index >= 15 is 0 Å². The van der Waals surface area contributed by atoms with Crippen LogP contribution in [0.2, 0.25) is 0 Å². The van der Waals surface area contributed by atoms with Crippen molar-refractivity contribution >= 4 is 5.91 Å². The molecular weight excluding hydrogens is 196 g/mol. The zero-order valence-corrected chi connectivity index (χ0v) is 8.95. The molecule has 0 aliphatic rings. The topological polar surface area (TPSA) is 95.6 Å². The van der Waals surface area contributed by atoms with Crippen LogP contribution in [0.3, 0.4) is 0 Å². The number of carbonyl (C=O) groups excluding carboxylic acids is 1. The summed E-state index contributed by atoms with van der Waals surface area (Å²) < 4.78 is 0. The first-order valence-electron chi connectivity index (χ1n) is 4.94. The highest BCUT2D eigenvalue weighted by molar-refractivity contribution is 5.76. The molecule has 0 aliphatic carbocycles. The van der Waals surface area contributed by atoms with Gasteiger partial charge in [0.1, 0.15) is 0 Å². The van der Waals surface area contributed by atoms with Crippen molar-refractivity contribution in [3.05, 3.63) is 5.82 Å². The van der Waals surface area contributed by atoms with Gasteiger partial charge in [-0.3, -0.25) is 4.79 Å². The van der Waals surface area contributed by atoms with E-state index in [-0.39, 0.29) is 11.9 Å². The summed E-state index contributed by atoms with van der Waals surface area (Å²) in [5.41, 5.74) is 0. The summed E-state index contributed by atoms with van der Waals surface area (Å²) in [5.74, 6) is 0.465. The second-order valence-corrected chi connectivity index (χ2v) is 3.27. The van der Waals surface area contributed by atoms with E-state index in [0.717, 1.165) is 6.54 Å². The van der Waals surface area contributed by atoms with Gasteiger partial charge in [0.05, 0.1) is 6.54 Å². The van der Waals surface area contributed by atoms with Gasteiger partial charge in [-0.1, -0.05) is 12.1 Å². The van der Waals surface area contributed by atoms with E-state index in [1.165, 1.54) is 0 Å². The fourth-order valence-corrected chi connectivity index (χ4v) is 1.21. The van der Waals surface area contributed by atoms with Crippen LogP contribution in [0.5, 0.6) is 0 Å². The Morgan fingerprint density at radius 2 is 2.40 bits per heavy atom. The molecular formula is C8H16N6O. The molecule has 7 heteroatoms. The van der Waals surface area contributed by atoms with Crippen LogP contribution in [0.15, 0.2) is 0 Å². The first-order chi connectivity index (χ1) is 7.22. The SMILES string of the molecule is CCNC(C)CC(=O)NCc1nn[nH]n1. The zero-order valence-electron chi connectivity index (χ0n) is 8.95. The van der Waals surface area contributed by atoms with E-state index in [9.17, 15) is 4.79 Å². The van der Waals surface area contributed by atoms with Crippen LogP contribution in [0.25, 0.3) is 0 Å². The average Bonchev–Trinajstić information content (AvgIpc) is 2.67. The van der Waals surface area contributed by atoms with Crippen molar-refractivity contribution in [2.45, 2.75) is 32.9 Å². The molecule has 15 heavy (non-hydrogen) atoms. The number of carbonyl (C=O) groups is 1. The Morgan fingerprint density at radius 3 is 3.00 bits per heavy atom. The average molecular weight is 212 g/mol. The summed E-state index contributed by atoms with van der Waals surface area (Å²) in [6.07, 6.45) is 0.450. The number of hydrogen-bond acceptors (Lipinski definition) is 5. The first-order valence-corrected chi connectivity index (χ1v) is 4.94. The lowest BCUT2D eigenvalue weighted by atomic mass is 10.2. The minimum atomic E-state index is -0.0201. The Balaban J connectivity index is 2.19. The zero-order chi connectivity index (χ0) is 11.1. The van der Waals surface area contributed by atoms with Gasteiger partial charge in [-0.2, -0.15) is 5.21 Å². The predicted molar refractivity (Wildman–Crippen MR) is 53.8 cm³/mol. The lowest BCUT2D eigenvalue weighted by Crippen LogP contribution is -2.33. The van der Waals surface area contributed by atoms with Gasteiger partial charge in [-0.25, -0.2) is 0 Å². The number of nitrogens with zero attached hydrogens (tertiary/aromatic N) is 3. The first kappa shape index (κ1) is 11.6. The van der Waals surface area contributed by atoms with Crippen molar-refractivity contribution in [3.8, 4) is 0 Å². The molecule has 0 bridgehead atoms. The van der Waals surface area contributed by atoms with Gasteiger partial charge in [-0.15, -0.1) is 10.2 Å². The second-order valence-electron chi connectivity index (χ2n) is 3.27. The number of amides is 1. The molecule has 0 fully saturated rings. The number of nitrogens with one attached hydrogen (secondary N) is 3. The van der Waals surface area contributed by atoms with E-state index in [0.29, 0.717) is 18.8 Å². The molecule has 84 valence electrons. The normalized spacial score (nSPS) is 12.4. The van der Waals surface area contributed by atoms with Gasteiger partial charge >= 0.3 is 0 Å². The summed E-state index contributed by atoms with van der Waals surface area (Å²) in [7, 11) is 0. The van der Waals surface area contributed by atoms with Gasteiger partial charge < -0.3 is 10.6 Å². The smallest absolute Gasteiger partial charge is 0.221 e. The number of aromatic nitrogens is 4. The third kappa shape index (κ3) is 4.50. The summed E-state index contributed by atoms with van der Waals surface area (Å²) in [4.78, 5) is 11.4. The van der Waals surface area contributed by atoms with Crippen LogP contribution in [0.1, 0.15) is 26.1 Å². The Bertz CT molecular complexity index is 285. The monoisotopic (exact) mass is 212 g/mol. The van der Waals surface area contributed by atoms with Crippen LogP contribution >= 0.6 is 0 Å². The third-order valence-electron chi connectivity index (χ3n) is 1.88. The highest BCUT2D eigenvalue weighted by Gasteiger charge is 2.08. The molecule has 1 rings (SSSR count). The minimum absolute atomic E-state index is 0.0201. The molecule has 0 radical (unpaired) electrons. The summed E-state index contributed by atoms with van der Waals surface area (Å²) in [5, 5.41) is 19.0. The Kier molecular flexibility index (Phi) is 4.69. The van der Waals surface area contributed by atoms with Crippen molar-refractivity contribution in [3.63, 3.8) is 0 Å². The second kappa shape index (κ2) is 6.07. The fourth-order valence-electron chi connectivity index (χ4n) is 1.21. The van der Waals surface area contributed by atoms with E-state index < -0.39 is 0 Å². The fraction of sp³-hybridized carbons (Fsp3) is 0.750. The molecule has 0 aromatic carbocycles. The third-order valence-corrected chi connectivity index (χ3v) is 1.88. The number of tetrazole rings is 1. The molecule has 1 unspecified atom stereocenters. The number of hydrogen-bond donors (Lipinski definition) is 3. The Labute approximate surface area is 88.0 Å². The number of rotatable bonds is 6. The maximum absolute atomic E-state index is 11.4. The van der Waals surface area contributed by atoms with Crippen LogP contribution in [0, 0.1) is 0 Å². The van der Waals surface area contributed by atoms with Crippen LogP contribution in [0.4, 0.5) is 0 Å². The lowest BCUT2D eigenvalue weighted by Gasteiger charge is -2.11. The minimum Gasteiger partial charge on any atom is -0.349 e. The standard InChI is InChI=1S/C8H16N6O/c1-3-9-6(2)4-8(15)10-5-7-11-13-14-12-7/h6,9H,3-5H2,1-2H3,(H,10,15)(H,11,12,13,14). The molecule has 0 spiro atoms. The van der Waals surface area contributed by atoms with Crippen molar-refractivity contribution < 1.29 is 4.79 Å². The van der Waals surface area contributed by atoms with Crippen molar-refractivity contribution in [2.75, 3.05) is 6.54 Å². The molecule has 0 aliphatic heterocycles. The number of aromatic amines is 1. The molecule has 0 saturated carbocycles. The molecule has 7 nitrogen and oxygen atoms in total. The van der Waals surface area contributed by atoms with Gasteiger partial charge in [0.25, 0.3) is 0 Å². The summed E-state index contributed by atoms with van der Waals surface area (Å²) in [6.45, 7) is 5.15. The van der Waals surface area contributed by atoms with E-state index in [1.807, 2.05) is 13.8 Å². The quantitative estimate of drug-likeness (QED) is 0.574. The molecule has 1 atom stereocenters. The van der Waals surface area contributed by atoms with Gasteiger partial charge in [0.15, 0.2) is 5.82 Å². The maximum Gasteiger partial charge on any atom is 0.221 e. The largest absolute Gasteiger partial charge is 0.349 e. The number of H-pyrrole nitrogens is 1. The highest BCUT2D eigenvalue weighted by atomic mass is 16.1. The molecule has 1 heterocycles. The summed E-state index contributed by atoms with van der Waals surface area (Å²) >= 11 is 0. The van der Waals surface area contributed by atoms with Gasteiger partial charge in [-0.05, 0) is 13.5 Å². The van der Waals surface area contributed by atoms with E-state index in [2.05, 4.69) is 31.3 Å². The molecule has 1 aromatic rings. The maximum atomic E-state index is 11.4. The summed E-state index contributed by atoms with van der Waals surface area (Å²) in [6, 6.07) is 0.181. The Morgan fingerprint density at radius 1 is 1.60 bits per heavy atom. The van der Waals surface area contributed by atoms with Crippen molar-refractivity contribution in [1.29, 1.82) is 0 Å². The predicted octanol–water partition coefficient (Wildman–Crippen LogP) is -0.796. The Hall–Kier alpha value is -1.50. The van der Waals surface area contributed by atoms with Crippen molar-refractivity contribution in [2.24, 2.45) is 0 Å². The molecule has 1 amide bonds. The lowest BCUT2D eigenvalue weighted by molar-refractivity contribution is -0.121. The molecule has 3 N–H and O–H groups in total.